The van der Waals surface area contributed by atoms with Crippen molar-refractivity contribution in [2.75, 3.05) is 19.3 Å². The van der Waals surface area contributed by atoms with E-state index in [0.29, 0.717) is 18.4 Å². The Kier molecular flexibility index (Phi) is 5.66. The Morgan fingerprint density at radius 2 is 1.90 bits per heavy atom. The molecule has 1 aliphatic carbocycles. The molecule has 1 saturated heterocycles. The maximum absolute atomic E-state index is 12.0. The molecule has 0 bridgehead atoms. The van der Waals surface area contributed by atoms with Gasteiger partial charge in [-0.05, 0) is 51.0 Å². The van der Waals surface area contributed by atoms with Crippen LogP contribution < -0.4 is 10.6 Å². The van der Waals surface area contributed by atoms with Crippen LogP contribution in [0.5, 0.6) is 0 Å². The lowest BCUT2D eigenvalue weighted by Crippen LogP contribution is -2.50. The van der Waals surface area contributed by atoms with Crippen molar-refractivity contribution in [2.45, 2.75) is 56.7 Å². The van der Waals surface area contributed by atoms with Crippen LogP contribution in [0.15, 0.2) is 0 Å². The molecule has 122 valence electrons. The molecule has 2 fully saturated rings. The minimum atomic E-state index is -2.93. The normalized spacial score (nSPS) is 34.4. The topological polar surface area (TPSA) is 75.3 Å². The third-order valence-electron chi connectivity index (χ3n) is 5.05. The van der Waals surface area contributed by atoms with E-state index in [1.165, 1.54) is 6.26 Å². The maximum atomic E-state index is 12.0. The number of likely N-dealkylation sites (N-methyl/N-ethyl adjacent to an activating group) is 1. The molecule has 2 aliphatic rings. The monoisotopic (exact) mass is 316 g/mol. The van der Waals surface area contributed by atoms with Crippen molar-refractivity contribution in [1.29, 1.82) is 0 Å². The van der Waals surface area contributed by atoms with Crippen molar-refractivity contribution >= 4 is 15.7 Å². The summed E-state index contributed by atoms with van der Waals surface area (Å²) >= 11 is 0. The van der Waals surface area contributed by atoms with Gasteiger partial charge in [0.05, 0.1) is 11.3 Å². The second-order valence-corrected chi connectivity index (χ2v) is 8.89. The molecule has 0 spiro atoms. The van der Waals surface area contributed by atoms with Gasteiger partial charge in [0.15, 0.2) is 0 Å². The van der Waals surface area contributed by atoms with Crippen LogP contribution in [0.2, 0.25) is 0 Å². The summed E-state index contributed by atoms with van der Waals surface area (Å²) in [6.07, 6.45) is 6.95. The van der Waals surface area contributed by atoms with Crippen LogP contribution in [0.3, 0.4) is 0 Å². The van der Waals surface area contributed by atoms with Gasteiger partial charge in [0.1, 0.15) is 9.84 Å². The number of sulfone groups is 1. The second-order valence-electron chi connectivity index (χ2n) is 6.56. The first-order chi connectivity index (χ1) is 9.91. The highest BCUT2D eigenvalue weighted by Gasteiger charge is 2.36. The molecule has 1 heterocycles. The quantitative estimate of drug-likeness (QED) is 0.814. The third-order valence-corrected chi connectivity index (χ3v) is 6.69. The van der Waals surface area contributed by atoms with Crippen LogP contribution in [0, 0.1) is 11.8 Å². The highest BCUT2D eigenvalue weighted by atomic mass is 32.2. The maximum Gasteiger partial charge on any atom is 0.237 e. The van der Waals surface area contributed by atoms with Crippen molar-refractivity contribution in [3.63, 3.8) is 0 Å². The molecule has 4 atom stereocenters. The predicted octanol–water partition coefficient (Wildman–Crippen LogP) is 1.09. The summed E-state index contributed by atoms with van der Waals surface area (Å²) in [5.41, 5.74) is 0. The Hall–Kier alpha value is -0.620. The van der Waals surface area contributed by atoms with Crippen LogP contribution in [0.4, 0.5) is 0 Å². The van der Waals surface area contributed by atoms with E-state index in [1.807, 2.05) is 6.92 Å². The Labute approximate surface area is 128 Å². The lowest BCUT2D eigenvalue weighted by atomic mass is 9.74. The molecule has 0 aromatic carbocycles. The van der Waals surface area contributed by atoms with Crippen LogP contribution >= 0.6 is 0 Å². The average molecular weight is 316 g/mol. The Morgan fingerprint density at radius 1 is 1.19 bits per heavy atom. The van der Waals surface area contributed by atoms with Gasteiger partial charge in [-0.2, -0.15) is 0 Å². The first-order valence-corrected chi connectivity index (χ1v) is 10.1. The van der Waals surface area contributed by atoms with Gasteiger partial charge in [0, 0.05) is 12.8 Å². The number of carbonyl (C=O) groups is 1. The second kappa shape index (κ2) is 7.09. The summed E-state index contributed by atoms with van der Waals surface area (Å²) in [6.45, 7) is 3.43. The summed E-state index contributed by atoms with van der Waals surface area (Å²) in [5.74, 6) is 1.01. The van der Waals surface area contributed by atoms with Crippen LogP contribution in [-0.2, 0) is 14.6 Å². The first-order valence-electron chi connectivity index (χ1n) is 8.11. The molecular formula is C15H28N2O3S. The molecule has 0 aromatic rings. The van der Waals surface area contributed by atoms with Crippen LogP contribution in [0.25, 0.3) is 0 Å². The third kappa shape index (κ3) is 4.42. The van der Waals surface area contributed by atoms with E-state index in [0.717, 1.165) is 45.1 Å². The predicted molar refractivity (Wildman–Crippen MR) is 83.8 cm³/mol. The lowest BCUT2D eigenvalue weighted by Gasteiger charge is -2.38. The first kappa shape index (κ1) is 16.7. The van der Waals surface area contributed by atoms with Gasteiger partial charge in [-0.3, -0.25) is 4.79 Å². The van der Waals surface area contributed by atoms with E-state index in [-0.39, 0.29) is 17.2 Å². The van der Waals surface area contributed by atoms with Gasteiger partial charge in [0.2, 0.25) is 5.91 Å². The highest BCUT2D eigenvalue weighted by Crippen LogP contribution is 2.37. The number of amides is 1. The van der Waals surface area contributed by atoms with Gasteiger partial charge < -0.3 is 10.6 Å². The molecule has 0 radical (unpaired) electrons. The van der Waals surface area contributed by atoms with E-state index in [2.05, 4.69) is 10.6 Å². The van der Waals surface area contributed by atoms with Crippen molar-refractivity contribution in [3.05, 3.63) is 0 Å². The summed E-state index contributed by atoms with van der Waals surface area (Å²) in [4.78, 5) is 12.0. The van der Waals surface area contributed by atoms with Crippen molar-refractivity contribution < 1.29 is 13.2 Å². The van der Waals surface area contributed by atoms with Crippen molar-refractivity contribution in [1.82, 2.24) is 10.6 Å². The standard InChI is InChI=1S/C15H28N2O3S/c1-3-16-15(18)14-10-12(7-8-17-14)11-5-4-6-13(9-11)21(2,19)20/h11-14,17H,3-10H2,1-2H3,(H,16,18). The zero-order chi connectivity index (χ0) is 15.5. The van der Waals surface area contributed by atoms with Gasteiger partial charge >= 0.3 is 0 Å². The van der Waals surface area contributed by atoms with Crippen LogP contribution in [-0.4, -0.2) is 45.0 Å². The van der Waals surface area contributed by atoms with E-state index in [1.54, 1.807) is 0 Å². The van der Waals surface area contributed by atoms with E-state index < -0.39 is 9.84 Å². The molecule has 5 nitrogen and oxygen atoms in total. The number of piperidine rings is 1. The van der Waals surface area contributed by atoms with E-state index in [4.69, 9.17) is 0 Å². The fourth-order valence-corrected chi connectivity index (χ4v) is 5.06. The summed E-state index contributed by atoms with van der Waals surface area (Å²) < 4.78 is 23.6. The molecule has 1 amide bonds. The Bertz CT molecular complexity index is 464. The SMILES string of the molecule is CCNC(=O)C1CC(C2CCCC(S(C)(=O)=O)C2)CCN1. The number of hydrogen-bond donors (Lipinski definition) is 2. The molecule has 4 unspecified atom stereocenters. The fraction of sp³-hybridized carbons (Fsp3) is 0.933. The minimum Gasteiger partial charge on any atom is -0.355 e. The smallest absolute Gasteiger partial charge is 0.237 e. The number of carbonyl (C=O) groups excluding carboxylic acids is 1. The van der Waals surface area contributed by atoms with Gasteiger partial charge in [-0.1, -0.05) is 12.8 Å². The zero-order valence-corrected chi connectivity index (χ0v) is 13.9. The molecule has 6 heteroatoms. The summed E-state index contributed by atoms with van der Waals surface area (Å²) in [5, 5.41) is 5.99. The minimum absolute atomic E-state index is 0.0812. The average Bonchev–Trinajstić information content (AvgIpc) is 2.47. The van der Waals surface area contributed by atoms with Gasteiger partial charge in [-0.25, -0.2) is 8.42 Å². The molecule has 1 saturated carbocycles. The zero-order valence-electron chi connectivity index (χ0n) is 13.1. The molecule has 1 aliphatic heterocycles. The van der Waals surface area contributed by atoms with Gasteiger partial charge in [-0.15, -0.1) is 0 Å². The highest BCUT2D eigenvalue weighted by molar-refractivity contribution is 7.91. The van der Waals surface area contributed by atoms with Crippen molar-refractivity contribution in [2.24, 2.45) is 11.8 Å². The number of rotatable bonds is 4. The molecule has 2 N–H and O–H groups in total. The molecular weight excluding hydrogens is 288 g/mol. The van der Waals surface area contributed by atoms with E-state index in [9.17, 15) is 13.2 Å². The summed E-state index contributed by atoms with van der Waals surface area (Å²) in [6, 6.07) is -0.109. The number of hydrogen-bond acceptors (Lipinski definition) is 4. The number of nitrogens with one attached hydrogen (secondary N) is 2. The fourth-order valence-electron chi connectivity index (χ4n) is 3.87. The van der Waals surface area contributed by atoms with Gasteiger partial charge in [0.25, 0.3) is 0 Å². The van der Waals surface area contributed by atoms with Crippen LogP contribution in [0.1, 0.15) is 45.4 Å². The summed E-state index contributed by atoms with van der Waals surface area (Å²) in [7, 11) is -2.93. The molecule has 2 rings (SSSR count). The Balaban J connectivity index is 1.96. The molecule has 0 aromatic heterocycles. The lowest BCUT2D eigenvalue weighted by molar-refractivity contribution is -0.124. The van der Waals surface area contributed by atoms with E-state index >= 15 is 0 Å². The Morgan fingerprint density at radius 3 is 2.57 bits per heavy atom. The van der Waals surface area contributed by atoms with Crippen molar-refractivity contribution in [3.8, 4) is 0 Å². The largest absolute Gasteiger partial charge is 0.355 e. The molecule has 21 heavy (non-hydrogen) atoms.